The summed E-state index contributed by atoms with van der Waals surface area (Å²) in [6.45, 7) is 8.31. The topological polar surface area (TPSA) is 56.0 Å². The third kappa shape index (κ3) is 7.08. The first kappa shape index (κ1) is 14.1. The second-order valence-corrected chi connectivity index (χ2v) is 5.15. The molecule has 0 saturated heterocycles. The number of hydrogen-bond donors (Lipinski definition) is 1. The number of nitrogen functional groups attached to an aromatic ring is 1. The zero-order valence-corrected chi connectivity index (χ0v) is 10.7. The van der Waals surface area contributed by atoms with E-state index in [0.717, 1.165) is 6.29 Å². The van der Waals surface area contributed by atoms with Gasteiger partial charge in [-0.15, -0.1) is 11.3 Å². The van der Waals surface area contributed by atoms with Gasteiger partial charge in [0.15, 0.2) is 5.13 Å². The van der Waals surface area contributed by atoms with Crippen LogP contribution in [0.4, 0.5) is 5.13 Å². The molecule has 1 heterocycles. The van der Waals surface area contributed by atoms with Gasteiger partial charge in [0.2, 0.25) is 0 Å². The molecule has 0 radical (unpaired) electrons. The van der Waals surface area contributed by atoms with Crippen LogP contribution >= 0.6 is 11.3 Å². The Balaban J connectivity index is 0.000000288. The van der Waals surface area contributed by atoms with Crippen LogP contribution in [-0.2, 0) is 4.79 Å². The van der Waals surface area contributed by atoms with E-state index in [-0.39, 0.29) is 0 Å². The summed E-state index contributed by atoms with van der Waals surface area (Å²) in [5, 5.41) is 0.665. The number of carbonyl (C=O) groups is 1. The molecule has 0 atom stereocenters. The molecule has 0 aromatic carbocycles. The van der Waals surface area contributed by atoms with E-state index in [0.29, 0.717) is 23.4 Å². The molecule has 0 amide bonds. The molecule has 0 aliphatic carbocycles. The molecule has 1 rings (SSSR count). The standard InChI is InChI=1S/C6H10N2S.C5H10O/c1-4(2)5-3-8-6(7)9-5;1-5(2)3-4-6/h3-4H,1-2H3,(H2,7,8);4-5H,3H2,1-2H3. The molecule has 0 spiro atoms. The van der Waals surface area contributed by atoms with Crippen molar-refractivity contribution in [2.45, 2.75) is 40.0 Å². The molecular weight excluding hydrogens is 208 g/mol. The minimum absolute atomic E-state index is 0.530. The van der Waals surface area contributed by atoms with Crippen molar-refractivity contribution in [2.24, 2.45) is 5.92 Å². The second kappa shape index (κ2) is 7.40. The monoisotopic (exact) mass is 228 g/mol. The summed E-state index contributed by atoms with van der Waals surface area (Å²) >= 11 is 1.56. The Bertz CT molecular complexity index is 282. The van der Waals surface area contributed by atoms with Crippen LogP contribution in [0.5, 0.6) is 0 Å². The maximum atomic E-state index is 9.62. The molecule has 0 bridgehead atoms. The van der Waals surface area contributed by atoms with Gasteiger partial charge >= 0.3 is 0 Å². The number of carbonyl (C=O) groups excluding carboxylic acids is 1. The molecule has 0 fully saturated rings. The quantitative estimate of drug-likeness (QED) is 0.809. The number of aromatic nitrogens is 1. The predicted molar refractivity (Wildman–Crippen MR) is 66.1 cm³/mol. The molecule has 3 nitrogen and oxygen atoms in total. The van der Waals surface area contributed by atoms with Crippen LogP contribution in [0.2, 0.25) is 0 Å². The van der Waals surface area contributed by atoms with Crippen molar-refractivity contribution in [3.63, 3.8) is 0 Å². The van der Waals surface area contributed by atoms with Gasteiger partial charge in [0, 0.05) is 17.5 Å². The maximum Gasteiger partial charge on any atom is 0.180 e. The SMILES string of the molecule is CC(C)CC=O.CC(C)c1cnc(N)s1. The molecular formula is C11H20N2OS. The van der Waals surface area contributed by atoms with E-state index < -0.39 is 0 Å². The molecule has 0 unspecified atom stereocenters. The molecule has 2 N–H and O–H groups in total. The van der Waals surface area contributed by atoms with Crippen LogP contribution in [0.25, 0.3) is 0 Å². The number of rotatable bonds is 3. The molecule has 0 aliphatic heterocycles. The molecule has 1 aromatic heterocycles. The van der Waals surface area contributed by atoms with Crippen molar-refractivity contribution >= 4 is 22.8 Å². The fraction of sp³-hybridized carbons (Fsp3) is 0.636. The van der Waals surface area contributed by atoms with Crippen LogP contribution in [0.3, 0.4) is 0 Å². The van der Waals surface area contributed by atoms with Gasteiger partial charge in [-0.05, 0) is 11.8 Å². The van der Waals surface area contributed by atoms with Crippen LogP contribution < -0.4 is 5.73 Å². The fourth-order valence-electron chi connectivity index (χ4n) is 0.760. The number of nitrogens with zero attached hydrogens (tertiary/aromatic N) is 1. The zero-order valence-electron chi connectivity index (χ0n) is 9.86. The van der Waals surface area contributed by atoms with Gasteiger partial charge in [-0.2, -0.15) is 0 Å². The first-order chi connectivity index (χ1) is 6.97. The number of thiazole rings is 1. The number of aldehydes is 1. The zero-order chi connectivity index (χ0) is 11.8. The number of hydrogen-bond acceptors (Lipinski definition) is 4. The first-order valence-corrected chi connectivity index (χ1v) is 5.93. The van der Waals surface area contributed by atoms with E-state index in [4.69, 9.17) is 5.73 Å². The lowest BCUT2D eigenvalue weighted by atomic mass is 10.2. The normalized spacial score (nSPS) is 10.0. The summed E-state index contributed by atoms with van der Waals surface area (Å²) in [7, 11) is 0. The van der Waals surface area contributed by atoms with Gasteiger partial charge in [0.25, 0.3) is 0 Å². The van der Waals surface area contributed by atoms with Crippen LogP contribution in [0, 0.1) is 5.92 Å². The van der Waals surface area contributed by atoms with Gasteiger partial charge < -0.3 is 10.5 Å². The average molecular weight is 228 g/mol. The van der Waals surface area contributed by atoms with Gasteiger partial charge in [-0.25, -0.2) is 4.98 Å². The summed E-state index contributed by atoms with van der Waals surface area (Å²) in [5.74, 6) is 1.09. The van der Waals surface area contributed by atoms with Gasteiger partial charge in [0.1, 0.15) is 6.29 Å². The van der Waals surface area contributed by atoms with Crippen molar-refractivity contribution < 1.29 is 4.79 Å². The lowest BCUT2D eigenvalue weighted by molar-refractivity contribution is -0.108. The molecule has 86 valence electrons. The third-order valence-electron chi connectivity index (χ3n) is 1.68. The minimum atomic E-state index is 0.530. The van der Waals surface area contributed by atoms with Crippen LogP contribution in [-0.4, -0.2) is 11.3 Å². The first-order valence-electron chi connectivity index (χ1n) is 5.12. The highest BCUT2D eigenvalue weighted by molar-refractivity contribution is 7.15. The maximum absolute atomic E-state index is 9.62. The summed E-state index contributed by atoms with van der Waals surface area (Å²) in [5.41, 5.74) is 5.42. The average Bonchev–Trinajstić information content (AvgIpc) is 2.52. The fourth-order valence-corrected chi connectivity index (χ4v) is 1.45. The Morgan fingerprint density at radius 2 is 2.07 bits per heavy atom. The van der Waals surface area contributed by atoms with Gasteiger partial charge in [0.05, 0.1) is 0 Å². The Hall–Kier alpha value is -0.900. The summed E-state index contributed by atoms with van der Waals surface area (Å²) < 4.78 is 0. The smallest absolute Gasteiger partial charge is 0.180 e. The highest BCUT2D eigenvalue weighted by Gasteiger charge is 2.01. The third-order valence-corrected chi connectivity index (χ3v) is 2.81. The summed E-state index contributed by atoms with van der Waals surface area (Å²) in [6, 6.07) is 0. The highest BCUT2D eigenvalue weighted by atomic mass is 32.1. The van der Waals surface area contributed by atoms with E-state index in [1.165, 1.54) is 4.88 Å². The van der Waals surface area contributed by atoms with Crippen molar-refractivity contribution in [3.05, 3.63) is 11.1 Å². The Kier molecular flexibility index (Phi) is 6.96. The van der Waals surface area contributed by atoms with E-state index in [1.807, 2.05) is 20.0 Å². The van der Waals surface area contributed by atoms with Crippen LogP contribution in [0.15, 0.2) is 6.20 Å². The highest BCUT2D eigenvalue weighted by Crippen LogP contribution is 2.22. The number of anilines is 1. The number of nitrogens with two attached hydrogens (primary N) is 1. The Morgan fingerprint density at radius 1 is 1.47 bits per heavy atom. The van der Waals surface area contributed by atoms with E-state index in [9.17, 15) is 4.79 Å². The predicted octanol–water partition coefficient (Wildman–Crippen LogP) is 3.08. The van der Waals surface area contributed by atoms with E-state index in [1.54, 1.807) is 11.3 Å². The van der Waals surface area contributed by atoms with Gasteiger partial charge in [-0.3, -0.25) is 0 Å². The summed E-state index contributed by atoms with van der Waals surface area (Å²) in [4.78, 5) is 14.8. The van der Waals surface area contributed by atoms with Crippen molar-refractivity contribution in [1.29, 1.82) is 0 Å². The Morgan fingerprint density at radius 3 is 2.20 bits per heavy atom. The molecule has 15 heavy (non-hydrogen) atoms. The van der Waals surface area contributed by atoms with Crippen molar-refractivity contribution in [3.8, 4) is 0 Å². The molecule has 1 aromatic rings. The minimum Gasteiger partial charge on any atom is -0.375 e. The lowest BCUT2D eigenvalue weighted by Crippen LogP contribution is -1.84. The van der Waals surface area contributed by atoms with E-state index in [2.05, 4.69) is 18.8 Å². The van der Waals surface area contributed by atoms with E-state index >= 15 is 0 Å². The molecule has 0 aliphatic rings. The molecule has 0 saturated carbocycles. The van der Waals surface area contributed by atoms with Crippen molar-refractivity contribution in [1.82, 2.24) is 4.98 Å². The lowest BCUT2D eigenvalue weighted by Gasteiger charge is -1.94. The van der Waals surface area contributed by atoms with Crippen LogP contribution in [0.1, 0.15) is 44.9 Å². The van der Waals surface area contributed by atoms with Gasteiger partial charge in [-0.1, -0.05) is 27.7 Å². The second-order valence-electron chi connectivity index (χ2n) is 4.05. The largest absolute Gasteiger partial charge is 0.375 e. The summed E-state index contributed by atoms with van der Waals surface area (Å²) in [6.07, 6.45) is 3.48. The Labute approximate surface area is 95.7 Å². The molecule has 4 heteroatoms. The van der Waals surface area contributed by atoms with Crippen molar-refractivity contribution in [2.75, 3.05) is 5.73 Å².